The molecule has 2 atom stereocenters. The first kappa shape index (κ1) is 13.7. The lowest BCUT2D eigenvalue weighted by molar-refractivity contribution is 0.0494. The zero-order chi connectivity index (χ0) is 12.0. The summed E-state index contributed by atoms with van der Waals surface area (Å²) >= 11 is 0. The van der Waals surface area contributed by atoms with Gasteiger partial charge >= 0.3 is 0 Å². The van der Waals surface area contributed by atoms with Gasteiger partial charge < -0.3 is 15.2 Å². The molecule has 16 heavy (non-hydrogen) atoms. The molecule has 1 rings (SSSR count). The molecule has 2 unspecified atom stereocenters. The fourth-order valence-electron chi connectivity index (χ4n) is 1.81. The van der Waals surface area contributed by atoms with E-state index in [-0.39, 0.29) is 11.5 Å². The molecule has 0 spiro atoms. The average molecular weight is 227 g/mol. The summed E-state index contributed by atoms with van der Waals surface area (Å²) in [6, 6.07) is 0. The predicted octanol–water partition coefficient (Wildman–Crippen LogP) is 1.72. The van der Waals surface area contributed by atoms with Crippen LogP contribution in [0, 0.1) is 5.41 Å². The van der Waals surface area contributed by atoms with Crippen LogP contribution in [0.25, 0.3) is 0 Å². The van der Waals surface area contributed by atoms with E-state index in [2.05, 4.69) is 25.2 Å². The minimum Gasteiger partial charge on any atom is -0.393 e. The second-order valence-electron chi connectivity index (χ2n) is 4.99. The topological polar surface area (TPSA) is 41.5 Å². The zero-order valence-corrected chi connectivity index (χ0v) is 10.8. The van der Waals surface area contributed by atoms with Gasteiger partial charge in [-0.25, -0.2) is 0 Å². The first-order chi connectivity index (χ1) is 7.58. The van der Waals surface area contributed by atoms with Crippen LogP contribution in [-0.4, -0.2) is 37.5 Å². The van der Waals surface area contributed by atoms with E-state index in [1.54, 1.807) is 0 Å². The summed E-state index contributed by atoms with van der Waals surface area (Å²) in [5.41, 5.74) is 1.30. The average Bonchev–Trinajstić information content (AvgIpc) is 2.30. The number of aliphatic hydroxyl groups excluding tert-OH is 1. The highest BCUT2D eigenvalue weighted by Gasteiger charge is 2.27. The van der Waals surface area contributed by atoms with Crippen LogP contribution in [0.1, 0.15) is 33.6 Å². The monoisotopic (exact) mass is 227 g/mol. The summed E-state index contributed by atoms with van der Waals surface area (Å²) in [5.74, 6) is 0. The van der Waals surface area contributed by atoms with Crippen molar-refractivity contribution in [3.8, 4) is 0 Å². The Labute approximate surface area is 98.9 Å². The quantitative estimate of drug-likeness (QED) is 0.679. The third kappa shape index (κ3) is 3.89. The van der Waals surface area contributed by atoms with Crippen LogP contribution in [0.2, 0.25) is 0 Å². The maximum absolute atomic E-state index is 9.73. The molecule has 1 aliphatic heterocycles. The van der Waals surface area contributed by atoms with E-state index in [9.17, 15) is 5.11 Å². The van der Waals surface area contributed by atoms with Crippen LogP contribution in [0.4, 0.5) is 0 Å². The Hall–Kier alpha value is -0.380. The minimum atomic E-state index is -0.276. The van der Waals surface area contributed by atoms with E-state index < -0.39 is 0 Å². The highest BCUT2D eigenvalue weighted by molar-refractivity contribution is 5.06. The number of aliphatic hydroxyl groups is 1. The Morgan fingerprint density at radius 2 is 2.38 bits per heavy atom. The van der Waals surface area contributed by atoms with E-state index in [0.29, 0.717) is 0 Å². The van der Waals surface area contributed by atoms with E-state index in [1.165, 1.54) is 5.57 Å². The van der Waals surface area contributed by atoms with Crippen LogP contribution < -0.4 is 5.32 Å². The maximum atomic E-state index is 9.73. The van der Waals surface area contributed by atoms with Crippen molar-refractivity contribution in [3.05, 3.63) is 11.6 Å². The third-order valence-corrected chi connectivity index (χ3v) is 3.68. The SMILES string of the molecule is CCC(C)(CNCC1=CCCOC1)C(C)O. The largest absolute Gasteiger partial charge is 0.393 e. The predicted molar refractivity (Wildman–Crippen MR) is 66.5 cm³/mol. The molecule has 1 aliphatic rings. The molecule has 0 fully saturated rings. The molecule has 1 heterocycles. The van der Waals surface area contributed by atoms with Crippen LogP contribution in [0.5, 0.6) is 0 Å². The second-order valence-corrected chi connectivity index (χ2v) is 4.99. The van der Waals surface area contributed by atoms with E-state index in [0.717, 1.165) is 39.1 Å². The molecule has 94 valence electrons. The van der Waals surface area contributed by atoms with Crippen molar-refractivity contribution in [3.63, 3.8) is 0 Å². The highest BCUT2D eigenvalue weighted by atomic mass is 16.5. The second kappa shape index (κ2) is 6.38. The van der Waals surface area contributed by atoms with Crippen molar-refractivity contribution in [2.24, 2.45) is 5.41 Å². The molecule has 0 radical (unpaired) electrons. The van der Waals surface area contributed by atoms with Gasteiger partial charge in [-0.05, 0) is 25.3 Å². The summed E-state index contributed by atoms with van der Waals surface area (Å²) < 4.78 is 5.38. The number of ether oxygens (including phenoxy) is 1. The molecular weight excluding hydrogens is 202 g/mol. The van der Waals surface area contributed by atoms with Gasteiger partial charge in [0.05, 0.1) is 19.3 Å². The zero-order valence-electron chi connectivity index (χ0n) is 10.8. The van der Waals surface area contributed by atoms with Crippen molar-refractivity contribution in [2.75, 3.05) is 26.3 Å². The van der Waals surface area contributed by atoms with Gasteiger partial charge in [-0.1, -0.05) is 19.9 Å². The van der Waals surface area contributed by atoms with Crippen molar-refractivity contribution < 1.29 is 9.84 Å². The van der Waals surface area contributed by atoms with Gasteiger partial charge in [0, 0.05) is 18.5 Å². The van der Waals surface area contributed by atoms with E-state index >= 15 is 0 Å². The van der Waals surface area contributed by atoms with E-state index in [4.69, 9.17) is 4.74 Å². The molecule has 3 heteroatoms. The van der Waals surface area contributed by atoms with Crippen LogP contribution in [-0.2, 0) is 4.74 Å². The molecule has 0 aliphatic carbocycles. The molecule has 0 bridgehead atoms. The highest BCUT2D eigenvalue weighted by Crippen LogP contribution is 2.24. The van der Waals surface area contributed by atoms with Crippen molar-refractivity contribution >= 4 is 0 Å². The summed E-state index contributed by atoms with van der Waals surface area (Å²) in [5, 5.41) is 13.1. The number of rotatable bonds is 6. The minimum absolute atomic E-state index is 0.0317. The molecule has 2 N–H and O–H groups in total. The molecule has 0 saturated heterocycles. The summed E-state index contributed by atoms with van der Waals surface area (Å²) in [6.45, 7) is 9.44. The first-order valence-corrected chi connectivity index (χ1v) is 6.23. The van der Waals surface area contributed by atoms with Crippen molar-refractivity contribution in [1.29, 1.82) is 0 Å². The summed E-state index contributed by atoms with van der Waals surface area (Å²) in [4.78, 5) is 0. The molecule has 0 aromatic rings. The van der Waals surface area contributed by atoms with Gasteiger partial charge in [0.15, 0.2) is 0 Å². The standard InChI is InChI=1S/C13H25NO2/c1-4-13(3,11(2)15)10-14-8-12-6-5-7-16-9-12/h6,11,14-15H,4-5,7-10H2,1-3H3. The fourth-order valence-corrected chi connectivity index (χ4v) is 1.81. The van der Waals surface area contributed by atoms with Gasteiger partial charge in [0.25, 0.3) is 0 Å². The van der Waals surface area contributed by atoms with Gasteiger partial charge in [-0.15, -0.1) is 0 Å². The smallest absolute Gasteiger partial charge is 0.0689 e. The Balaban J connectivity index is 2.30. The Morgan fingerprint density at radius 1 is 1.62 bits per heavy atom. The van der Waals surface area contributed by atoms with Gasteiger partial charge in [0.1, 0.15) is 0 Å². The first-order valence-electron chi connectivity index (χ1n) is 6.23. The van der Waals surface area contributed by atoms with Crippen molar-refractivity contribution in [2.45, 2.75) is 39.7 Å². The number of hydrogen-bond donors (Lipinski definition) is 2. The Morgan fingerprint density at radius 3 is 2.88 bits per heavy atom. The van der Waals surface area contributed by atoms with Crippen molar-refractivity contribution in [1.82, 2.24) is 5.32 Å². The lowest BCUT2D eigenvalue weighted by Gasteiger charge is -2.32. The van der Waals surface area contributed by atoms with Gasteiger partial charge in [0.2, 0.25) is 0 Å². The lowest BCUT2D eigenvalue weighted by atomic mass is 9.82. The number of nitrogens with one attached hydrogen (secondary N) is 1. The lowest BCUT2D eigenvalue weighted by Crippen LogP contribution is -2.40. The number of hydrogen-bond acceptors (Lipinski definition) is 3. The van der Waals surface area contributed by atoms with Crippen LogP contribution in [0.15, 0.2) is 11.6 Å². The summed E-state index contributed by atoms with van der Waals surface area (Å²) in [6.07, 6.45) is 3.98. The Kier molecular flexibility index (Phi) is 5.46. The molecule has 0 saturated carbocycles. The normalized spacial score (nSPS) is 22.4. The van der Waals surface area contributed by atoms with E-state index in [1.807, 2.05) is 6.92 Å². The summed E-state index contributed by atoms with van der Waals surface area (Å²) in [7, 11) is 0. The van der Waals surface area contributed by atoms with Gasteiger partial charge in [-0.3, -0.25) is 0 Å². The maximum Gasteiger partial charge on any atom is 0.0689 e. The molecule has 3 nitrogen and oxygen atoms in total. The fraction of sp³-hybridized carbons (Fsp3) is 0.846. The molecular formula is C13H25NO2. The van der Waals surface area contributed by atoms with Crippen LogP contribution in [0.3, 0.4) is 0 Å². The van der Waals surface area contributed by atoms with Gasteiger partial charge in [-0.2, -0.15) is 0 Å². The van der Waals surface area contributed by atoms with Crippen LogP contribution >= 0.6 is 0 Å². The Bertz CT molecular complexity index is 238. The molecule has 0 aromatic carbocycles. The molecule has 0 aromatic heterocycles. The molecule has 0 amide bonds. The third-order valence-electron chi connectivity index (χ3n) is 3.68.